The van der Waals surface area contributed by atoms with Gasteiger partial charge in [0.15, 0.2) is 0 Å². The predicted molar refractivity (Wildman–Crippen MR) is 81.3 cm³/mol. The average Bonchev–Trinajstić information content (AvgIpc) is 2.95. The number of thiophene rings is 1. The third-order valence-electron chi connectivity index (χ3n) is 2.60. The molecular weight excluding hydrogens is 296 g/mol. The summed E-state index contributed by atoms with van der Waals surface area (Å²) in [6.07, 6.45) is 0. The van der Waals surface area contributed by atoms with Crippen molar-refractivity contribution in [1.82, 2.24) is 5.32 Å². The van der Waals surface area contributed by atoms with Gasteiger partial charge in [-0.25, -0.2) is 0 Å². The zero-order valence-electron chi connectivity index (χ0n) is 10.7. The fraction of sp³-hybridized carbons (Fsp3) is 0.143. The van der Waals surface area contributed by atoms with Crippen LogP contribution in [0.2, 0.25) is 5.02 Å². The first-order valence-corrected chi connectivity index (χ1v) is 7.23. The van der Waals surface area contributed by atoms with Crippen LogP contribution in [0.25, 0.3) is 0 Å². The summed E-state index contributed by atoms with van der Waals surface area (Å²) in [4.78, 5) is 24.3. The molecule has 4 nitrogen and oxygen atoms in total. The lowest BCUT2D eigenvalue weighted by Crippen LogP contribution is -2.41. The predicted octanol–water partition coefficient (Wildman–Crippen LogP) is 3.16. The van der Waals surface area contributed by atoms with Crippen LogP contribution in [-0.2, 0) is 4.79 Å². The number of benzene rings is 1. The molecule has 1 heterocycles. The first kappa shape index (κ1) is 14.6. The van der Waals surface area contributed by atoms with Crippen molar-refractivity contribution in [2.24, 2.45) is 0 Å². The number of nitrogens with one attached hydrogen (secondary N) is 2. The lowest BCUT2D eigenvalue weighted by atomic mass is 10.2. The molecule has 0 saturated carbocycles. The SMILES string of the molecule is CC(NC(=O)c1cccs1)C(=O)Nc1ccc(Cl)cc1. The molecule has 2 amide bonds. The Kier molecular flexibility index (Phi) is 4.76. The van der Waals surface area contributed by atoms with Crippen LogP contribution in [0.4, 0.5) is 5.69 Å². The third kappa shape index (κ3) is 3.82. The topological polar surface area (TPSA) is 58.2 Å². The minimum Gasteiger partial charge on any atom is -0.340 e. The molecule has 0 aliphatic carbocycles. The minimum absolute atomic E-state index is 0.251. The van der Waals surface area contributed by atoms with Crippen molar-refractivity contribution in [3.8, 4) is 0 Å². The largest absolute Gasteiger partial charge is 0.340 e. The van der Waals surface area contributed by atoms with E-state index in [4.69, 9.17) is 11.6 Å². The molecule has 1 aromatic carbocycles. The third-order valence-corrected chi connectivity index (χ3v) is 3.72. The van der Waals surface area contributed by atoms with Gasteiger partial charge in [0.2, 0.25) is 5.91 Å². The monoisotopic (exact) mass is 308 g/mol. The Morgan fingerprint density at radius 2 is 1.90 bits per heavy atom. The van der Waals surface area contributed by atoms with Crippen LogP contribution in [0, 0.1) is 0 Å². The second-order valence-corrected chi connectivity index (χ2v) is 5.55. The maximum Gasteiger partial charge on any atom is 0.261 e. The second-order valence-electron chi connectivity index (χ2n) is 4.17. The number of carbonyl (C=O) groups excluding carboxylic acids is 2. The van der Waals surface area contributed by atoms with Crippen LogP contribution in [0.1, 0.15) is 16.6 Å². The molecule has 1 unspecified atom stereocenters. The van der Waals surface area contributed by atoms with E-state index >= 15 is 0 Å². The van der Waals surface area contributed by atoms with E-state index in [-0.39, 0.29) is 11.8 Å². The molecule has 0 aliphatic heterocycles. The highest BCUT2D eigenvalue weighted by Crippen LogP contribution is 2.13. The van der Waals surface area contributed by atoms with Gasteiger partial charge in [0.25, 0.3) is 5.91 Å². The highest BCUT2D eigenvalue weighted by molar-refractivity contribution is 7.12. The summed E-state index contributed by atoms with van der Waals surface area (Å²) in [6.45, 7) is 1.64. The van der Waals surface area contributed by atoms with Gasteiger partial charge in [-0.3, -0.25) is 9.59 Å². The fourth-order valence-electron chi connectivity index (χ4n) is 1.52. The number of rotatable bonds is 4. The molecule has 0 bridgehead atoms. The summed E-state index contributed by atoms with van der Waals surface area (Å²) in [6, 6.07) is 9.66. The van der Waals surface area contributed by atoms with Crippen molar-refractivity contribution in [2.75, 3.05) is 5.32 Å². The molecule has 20 heavy (non-hydrogen) atoms. The van der Waals surface area contributed by atoms with Gasteiger partial charge >= 0.3 is 0 Å². The summed E-state index contributed by atoms with van der Waals surface area (Å²) >= 11 is 7.10. The van der Waals surface area contributed by atoms with E-state index in [0.29, 0.717) is 15.6 Å². The van der Waals surface area contributed by atoms with Gasteiger partial charge < -0.3 is 10.6 Å². The zero-order valence-corrected chi connectivity index (χ0v) is 12.3. The van der Waals surface area contributed by atoms with Crippen molar-refractivity contribution < 1.29 is 9.59 Å². The maximum atomic E-state index is 11.9. The summed E-state index contributed by atoms with van der Waals surface area (Å²) < 4.78 is 0. The van der Waals surface area contributed by atoms with E-state index < -0.39 is 6.04 Å². The number of amides is 2. The van der Waals surface area contributed by atoms with Crippen LogP contribution >= 0.6 is 22.9 Å². The average molecular weight is 309 g/mol. The van der Waals surface area contributed by atoms with Gasteiger partial charge in [-0.05, 0) is 42.6 Å². The molecule has 0 fully saturated rings. The number of hydrogen-bond acceptors (Lipinski definition) is 3. The van der Waals surface area contributed by atoms with Gasteiger partial charge in [-0.2, -0.15) is 0 Å². The highest BCUT2D eigenvalue weighted by Gasteiger charge is 2.17. The van der Waals surface area contributed by atoms with E-state index in [1.807, 2.05) is 5.38 Å². The lowest BCUT2D eigenvalue weighted by Gasteiger charge is -2.13. The molecule has 104 valence electrons. The summed E-state index contributed by atoms with van der Waals surface area (Å²) in [5.41, 5.74) is 0.636. The van der Waals surface area contributed by atoms with E-state index in [2.05, 4.69) is 10.6 Å². The number of hydrogen-bond donors (Lipinski definition) is 2. The van der Waals surface area contributed by atoms with E-state index in [1.54, 1.807) is 43.3 Å². The minimum atomic E-state index is -0.625. The quantitative estimate of drug-likeness (QED) is 0.911. The molecule has 2 aromatic rings. The highest BCUT2D eigenvalue weighted by atomic mass is 35.5. The zero-order chi connectivity index (χ0) is 14.5. The number of anilines is 1. The molecule has 0 aliphatic rings. The first-order chi connectivity index (χ1) is 9.56. The molecule has 1 aromatic heterocycles. The molecule has 6 heteroatoms. The van der Waals surface area contributed by atoms with Crippen LogP contribution in [-0.4, -0.2) is 17.9 Å². The van der Waals surface area contributed by atoms with E-state index in [0.717, 1.165) is 0 Å². The van der Waals surface area contributed by atoms with Gasteiger partial charge in [0, 0.05) is 10.7 Å². The Morgan fingerprint density at radius 3 is 2.50 bits per heavy atom. The Morgan fingerprint density at radius 1 is 1.20 bits per heavy atom. The van der Waals surface area contributed by atoms with Crippen molar-refractivity contribution in [3.63, 3.8) is 0 Å². The Labute approximate surface area is 125 Å². The molecule has 0 spiro atoms. The van der Waals surface area contributed by atoms with Gasteiger partial charge in [0.05, 0.1) is 4.88 Å². The summed E-state index contributed by atoms with van der Waals surface area (Å²) in [7, 11) is 0. The number of carbonyl (C=O) groups is 2. The standard InChI is InChI=1S/C14H13ClN2O2S/c1-9(16-14(19)12-3-2-8-20-12)13(18)17-11-6-4-10(15)5-7-11/h2-9H,1H3,(H,16,19)(H,17,18). The Hall–Kier alpha value is -1.85. The van der Waals surface area contributed by atoms with Crippen molar-refractivity contribution in [3.05, 3.63) is 51.7 Å². The van der Waals surface area contributed by atoms with Gasteiger partial charge in [-0.1, -0.05) is 17.7 Å². The van der Waals surface area contributed by atoms with Crippen molar-refractivity contribution in [1.29, 1.82) is 0 Å². The smallest absolute Gasteiger partial charge is 0.261 e. The lowest BCUT2D eigenvalue weighted by molar-refractivity contribution is -0.117. The summed E-state index contributed by atoms with van der Waals surface area (Å²) in [5.74, 6) is -0.531. The van der Waals surface area contributed by atoms with Crippen molar-refractivity contribution >= 4 is 40.4 Å². The maximum absolute atomic E-state index is 11.9. The van der Waals surface area contributed by atoms with Crippen LogP contribution in [0.3, 0.4) is 0 Å². The fourth-order valence-corrected chi connectivity index (χ4v) is 2.28. The molecular formula is C14H13ClN2O2S. The second kappa shape index (κ2) is 6.54. The van der Waals surface area contributed by atoms with Crippen molar-refractivity contribution in [2.45, 2.75) is 13.0 Å². The summed E-state index contributed by atoms with van der Waals surface area (Å²) in [5, 5.41) is 7.77. The number of halogens is 1. The van der Waals surface area contributed by atoms with E-state index in [9.17, 15) is 9.59 Å². The molecule has 0 radical (unpaired) electrons. The Balaban J connectivity index is 1.92. The van der Waals surface area contributed by atoms with Gasteiger partial charge in [0.1, 0.15) is 6.04 Å². The molecule has 0 saturated heterocycles. The van der Waals surface area contributed by atoms with Gasteiger partial charge in [-0.15, -0.1) is 11.3 Å². The normalized spacial score (nSPS) is 11.7. The van der Waals surface area contributed by atoms with Crippen LogP contribution < -0.4 is 10.6 Å². The molecule has 1 atom stereocenters. The molecule has 2 rings (SSSR count). The Bertz CT molecular complexity index is 596. The van der Waals surface area contributed by atoms with E-state index in [1.165, 1.54) is 11.3 Å². The first-order valence-electron chi connectivity index (χ1n) is 5.97. The van der Waals surface area contributed by atoms with Crippen LogP contribution in [0.15, 0.2) is 41.8 Å². The van der Waals surface area contributed by atoms with Crippen LogP contribution in [0.5, 0.6) is 0 Å². The molecule has 2 N–H and O–H groups in total.